The van der Waals surface area contributed by atoms with E-state index in [1.54, 1.807) is 0 Å². The third-order valence-electron chi connectivity index (χ3n) is 3.61. The SMILES string of the molecule is CCOc1ccc(SCC(=O)NCC2CCC(O)C2)cc1. The molecule has 116 valence electrons. The second kappa shape index (κ2) is 8.29. The number of thioether (sulfide) groups is 1. The van der Waals surface area contributed by atoms with Gasteiger partial charge in [0.1, 0.15) is 5.75 Å². The fourth-order valence-corrected chi connectivity index (χ4v) is 3.22. The first-order valence-electron chi connectivity index (χ1n) is 7.47. The third-order valence-corrected chi connectivity index (χ3v) is 4.62. The average molecular weight is 309 g/mol. The summed E-state index contributed by atoms with van der Waals surface area (Å²) in [5.74, 6) is 1.75. The van der Waals surface area contributed by atoms with Crippen LogP contribution in [-0.2, 0) is 4.79 Å². The largest absolute Gasteiger partial charge is 0.494 e. The number of carbonyl (C=O) groups excluding carboxylic acids is 1. The molecule has 0 aliphatic heterocycles. The lowest BCUT2D eigenvalue weighted by atomic mass is 10.1. The van der Waals surface area contributed by atoms with Gasteiger partial charge in [0.05, 0.1) is 18.5 Å². The summed E-state index contributed by atoms with van der Waals surface area (Å²) in [6.07, 6.45) is 2.51. The number of aliphatic hydroxyl groups excluding tert-OH is 1. The van der Waals surface area contributed by atoms with Gasteiger partial charge in [-0.05, 0) is 56.4 Å². The van der Waals surface area contributed by atoms with Crippen LogP contribution in [0.1, 0.15) is 26.2 Å². The zero-order valence-electron chi connectivity index (χ0n) is 12.4. The van der Waals surface area contributed by atoms with Gasteiger partial charge >= 0.3 is 0 Å². The van der Waals surface area contributed by atoms with Gasteiger partial charge in [0, 0.05) is 11.4 Å². The monoisotopic (exact) mass is 309 g/mol. The molecule has 1 saturated carbocycles. The van der Waals surface area contributed by atoms with E-state index in [4.69, 9.17) is 4.74 Å². The van der Waals surface area contributed by atoms with Crippen LogP contribution in [0.2, 0.25) is 0 Å². The van der Waals surface area contributed by atoms with Crippen molar-refractivity contribution in [2.24, 2.45) is 5.92 Å². The van der Waals surface area contributed by atoms with Gasteiger partial charge in [-0.2, -0.15) is 0 Å². The first-order chi connectivity index (χ1) is 10.2. The number of hydrogen-bond acceptors (Lipinski definition) is 4. The molecular formula is C16H23NO3S. The summed E-state index contributed by atoms with van der Waals surface area (Å²) in [5.41, 5.74) is 0. The van der Waals surface area contributed by atoms with Gasteiger partial charge in [0.15, 0.2) is 0 Å². The van der Waals surface area contributed by atoms with Crippen LogP contribution >= 0.6 is 11.8 Å². The van der Waals surface area contributed by atoms with Crippen LogP contribution in [0.3, 0.4) is 0 Å². The highest BCUT2D eigenvalue weighted by Crippen LogP contribution is 2.25. The summed E-state index contributed by atoms with van der Waals surface area (Å²) in [6.45, 7) is 3.29. The van der Waals surface area contributed by atoms with Crippen LogP contribution in [0.25, 0.3) is 0 Å². The highest BCUT2D eigenvalue weighted by molar-refractivity contribution is 8.00. The zero-order chi connectivity index (χ0) is 15.1. The zero-order valence-corrected chi connectivity index (χ0v) is 13.2. The maximum absolute atomic E-state index is 11.8. The number of nitrogens with one attached hydrogen (secondary N) is 1. The van der Waals surface area contributed by atoms with E-state index in [0.717, 1.165) is 29.9 Å². The maximum atomic E-state index is 11.8. The Labute approximate surface area is 130 Å². The second-order valence-electron chi connectivity index (χ2n) is 5.33. The van der Waals surface area contributed by atoms with Crippen molar-refractivity contribution in [3.05, 3.63) is 24.3 Å². The van der Waals surface area contributed by atoms with E-state index in [0.29, 0.717) is 24.8 Å². The highest BCUT2D eigenvalue weighted by atomic mass is 32.2. The fraction of sp³-hybridized carbons (Fsp3) is 0.562. The van der Waals surface area contributed by atoms with Crippen molar-refractivity contribution in [1.82, 2.24) is 5.32 Å². The van der Waals surface area contributed by atoms with Crippen LogP contribution in [0.15, 0.2) is 29.2 Å². The number of aliphatic hydroxyl groups is 1. The van der Waals surface area contributed by atoms with Gasteiger partial charge < -0.3 is 15.2 Å². The van der Waals surface area contributed by atoms with Crippen molar-refractivity contribution in [2.45, 2.75) is 37.2 Å². The van der Waals surface area contributed by atoms with Gasteiger partial charge in [0.2, 0.25) is 5.91 Å². The van der Waals surface area contributed by atoms with Crippen molar-refractivity contribution in [3.8, 4) is 5.75 Å². The Morgan fingerprint density at radius 3 is 2.76 bits per heavy atom. The molecule has 0 spiro atoms. The van der Waals surface area contributed by atoms with Crippen LogP contribution in [0.4, 0.5) is 0 Å². The number of hydrogen-bond donors (Lipinski definition) is 2. The molecule has 0 aromatic heterocycles. The molecule has 0 heterocycles. The molecule has 1 aromatic rings. The topological polar surface area (TPSA) is 58.6 Å². The van der Waals surface area contributed by atoms with Gasteiger partial charge in [-0.15, -0.1) is 11.8 Å². The molecule has 1 aromatic carbocycles. The molecule has 4 nitrogen and oxygen atoms in total. The van der Waals surface area contributed by atoms with Gasteiger partial charge in [0.25, 0.3) is 0 Å². The standard InChI is InChI=1S/C16H23NO3S/c1-2-20-14-5-7-15(8-6-14)21-11-16(19)17-10-12-3-4-13(18)9-12/h5-8,12-13,18H,2-4,9-11H2,1H3,(H,17,19). The molecule has 0 saturated heterocycles. The minimum atomic E-state index is -0.176. The third kappa shape index (κ3) is 5.59. The molecule has 2 unspecified atom stereocenters. The number of ether oxygens (including phenoxy) is 1. The number of carbonyl (C=O) groups is 1. The molecule has 1 amide bonds. The Morgan fingerprint density at radius 2 is 2.14 bits per heavy atom. The van der Waals surface area contributed by atoms with E-state index in [-0.39, 0.29) is 12.0 Å². The molecule has 0 bridgehead atoms. The second-order valence-corrected chi connectivity index (χ2v) is 6.38. The van der Waals surface area contributed by atoms with Gasteiger partial charge in [-0.3, -0.25) is 4.79 Å². The summed E-state index contributed by atoms with van der Waals surface area (Å²) < 4.78 is 5.38. The molecule has 5 heteroatoms. The normalized spacial score (nSPS) is 21.2. The Balaban J connectivity index is 1.66. The molecule has 0 radical (unpaired) electrons. The minimum absolute atomic E-state index is 0.0512. The summed E-state index contributed by atoms with van der Waals surface area (Å²) in [7, 11) is 0. The van der Waals surface area contributed by atoms with Crippen molar-refractivity contribution in [1.29, 1.82) is 0 Å². The Kier molecular flexibility index (Phi) is 6.39. The van der Waals surface area contributed by atoms with Crippen LogP contribution < -0.4 is 10.1 Å². The van der Waals surface area contributed by atoms with E-state index in [9.17, 15) is 9.90 Å². The highest BCUT2D eigenvalue weighted by Gasteiger charge is 2.22. The Hall–Kier alpha value is -1.20. The van der Waals surface area contributed by atoms with E-state index in [1.165, 1.54) is 11.8 Å². The molecule has 2 rings (SSSR count). The van der Waals surface area contributed by atoms with E-state index >= 15 is 0 Å². The lowest BCUT2D eigenvalue weighted by Gasteiger charge is -2.10. The summed E-state index contributed by atoms with van der Waals surface area (Å²) in [5, 5.41) is 12.4. The lowest BCUT2D eigenvalue weighted by Crippen LogP contribution is -2.30. The lowest BCUT2D eigenvalue weighted by molar-refractivity contribution is -0.118. The average Bonchev–Trinajstić information content (AvgIpc) is 2.90. The summed E-state index contributed by atoms with van der Waals surface area (Å²) >= 11 is 1.52. The molecule has 21 heavy (non-hydrogen) atoms. The van der Waals surface area contributed by atoms with Crippen molar-refractivity contribution >= 4 is 17.7 Å². The van der Waals surface area contributed by atoms with Crippen molar-refractivity contribution < 1.29 is 14.6 Å². The van der Waals surface area contributed by atoms with E-state index < -0.39 is 0 Å². The summed E-state index contributed by atoms with van der Waals surface area (Å²) in [4.78, 5) is 12.9. The summed E-state index contributed by atoms with van der Waals surface area (Å²) in [6, 6.07) is 7.78. The van der Waals surface area contributed by atoms with Crippen LogP contribution in [0, 0.1) is 5.92 Å². The Bertz CT molecular complexity index is 449. The number of rotatable bonds is 7. The van der Waals surface area contributed by atoms with Crippen LogP contribution in [0.5, 0.6) is 5.75 Å². The quantitative estimate of drug-likeness (QED) is 0.760. The molecule has 1 fully saturated rings. The molecule has 1 aliphatic carbocycles. The Morgan fingerprint density at radius 1 is 1.38 bits per heavy atom. The fourth-order valence-electron chi connectivity index (χ4n) is 2.49. The van der Waals surface area contributed by atoms with E-state index in [1.807, 2.05) is 31.2 Å². The van der Waals surface area contributed by atoms with E-state index in [2.05, 4.69) is 5.32 Å². The first-order valence-corrected chi connectivity index (χ1v) is 8.46. The predicted octanol–water partition coefficient (Wildman–Crippen LogP) is 2.45. The van der Waals surface area contributed by atoms with Gasteiger partial charge in [-0.25, -0.2) is 0 Å². The van der Waals surface area contributed by atoms with Gasteiger partial charge in [-0.1, -0.05) is 0 Å². The molecule has 1 aliphatic rings. The van der Waals surface area contributed by atoms with Crippen molar-refractivity contribution in [2.75, 3.05) is 18.9 Å². The molecule has 2 atom stereocenters. The first kappa shape index (κ1) is 16.2. The van der Waals surface area contributed by atoms with Crippen molar-refractivity contribution in [3.63, 3.8) is 0 Å². The number of amides is 1. The number of benzene rings is 1. The maximum Gasteiger partial charge on any atom is 0.230 e. The minimum Gasteiger partial charge on any atom is -0.494 e. The molecule has 2 N–H and O–H groups in total. The van der Waals surface area contributed by atoms with Crippen LogP contribution in [-0.4, -0.2) is 36.0 Å². The predicted molar refractivity (Wildman–Crippen MR) is 84.7 cm³/mol. The smallest absolute Gasteiger partial charge is 0.230 e. The molecular weight excluding hydrogens is 286 g/mol.